The van der Waals surface area contributed by atoms with E-state index in [2.05, 4.69) is 5.16 Å². The van der Waals surface area contributed by atoms with E-state index in [1.165, 1.54) is 0 Å². The number of hydrogen-bond acceptors (Lipinski definition) is 5. The molecule has 0 saturated carbocycles. The molecule has 1 aliphatic heterocycles. The van der Waals surface area contributed by atoms with Gasteiger partial charge in [0.2, 0.25) is 0 Å². The molecular weight excluding hydrogens is 354 g/mol. The quantitative estimate of drug-likeness (QED) is 0.419. The maximum Gasteiger partial charge on any atom is 0.344 e. The summed E-state index contributed by atoms with van der Waals surface area (Å²) < 4.78 is 5.57. The Morgan fingerprint density at radius 2 is 2.00 bits per heavy atom. The van der Waals surface area contributed by atoms with Crippen molar-refractivity contribution in [2.75, 3.05) is 0 Å². The second-order valence-corrected chi connectivity index (χ2v) is 7.88. The fourth-order valence-electron chi connectivity index (χ4n) is 2.62. The highest BCUT2D eigenvalue weighted by atomic mass is 35.5. The van der Waals surface area contributed by atoms with Gasteiger partial charge in [0, 0.05) is 5.02 Å². The van der Waals surface area contributed by atoms with Crippen molar-refractivity contribution in [2.45, 2.75) is 59.7 Å². The number of benzene rings is 1. The summed E-state index contributed by atoms with van der Waals surface area (Å²) in [7, 11) is 0. The average molecular weight is 380 g/mol. The number of nitrogens with zero attached hydrogens (tertiary/aromatic N) is 1. The standard InChI is InChI=1S/C20H26ClNO4/c1-6-8-15(22-25-12-13-9-7-10-14(21)11-13)16-17(23)19(2,3)20(4,5)26-18(16)24/h7,9-11,23H,6,8,12H2,1-5H3. The molecule has 0 unspecified atom stereocenters. The smallest absolute Gasteiger partial charge is 0.344 e. The van der Waals surface area contributed by atoms with Gasteiger partial charge in [-0.1, -0.05) is 42.2 Å². The van der Waals surface area contributed by atoms with Crippen LogP contribution in [0.2, 0.25) is 5.02 Å². The molecule has 0 aliphatic carbocycles. The summed E-state index contributed by atoms with van der Waals surface area (Å²) in [5.74, 6) is -0.595. The number of cyclic esters (lactones) is 1. The predicted molar refractivity (Wildman–Crippen MR) is 102 cm³/mol. The van der Waals surface area contributed by atoms with Gasteiger partial charge in [0.25, 0.3) is 0 Å². The first-order valence-electron chi connectivity index (χ1n) is 8.71. The molecule has 0 radical (unpaired) electrons. The van der Waals surface area contributed by atoms with Crippen LogP contribution in [0.25, 0.3) is 0 Å². The fourth-order valence-corrected chi connectivity index (χ4v) is 2.84. The van der Waals surface area contributed by atoms with Crippen LogP contribution in [-0.2, 0) is 21.0 Å². The van der Waals surface area contributed by atoms with Crippen LogP contribution >= 0.6 is 11.6 Å². The number of carbonyl (C=O) groups is 1. The van der Waals surface area contributed by atoms with Crippen molar-refractivity contribution in [1.29, 1.82) is 0 Å². The molecular formula is C20H26ClNO4. The number of aliphatic hydroxyl groups is 1. The molecule has 0 aromatic heterocycles. The van der Waals surface area contributed by atoms with E-state index in [1.54, 1.807) is 26.0 Å². The van der Waals surface area contributed by atoms with Crippen molar-refractivity contribution >= 4 is 23.3 Å². The van der Waals surface area contributed by atoms with Crippen molar-refractivity contribution in [2.24, 2.45) is 10.6 Å². The van der Waals surface area contributed by atoms with Crippen molar-refractivity contribution < 1.29 is 19.5 Å². The lowest BCUT2D eigenvalue weighted by atomic mass is 9.72. The summed E-state index contributed by atoms with van der Waals surface area (Å²) in [6.07, 6.45) is 1.23. The number of carbonyl (C=O) groups excluding carboxylic acids is 1. The number of oxime groups is 1. The molecule has 26 heavy (non-hydrogen) atoms. The summed E-state index contributed by atoms with van der Waals surface area (Å²) >= 11 is 5.96. The van der Waals surface area contributed by atoms with Gasteiger partial charge in [-0.2, -0.15) is 0 Å². The molecule has 2 rings (SSSR count). The summed E-state index contributed by atoms with van der Waals surface area (Å²) in [5.41, 5.74) is -0.209. The van der Waals surface area contributed by atoms with Gasteiger partial charge < -0.3 is 14.7 Å². The van der Waals surface area contributed by atoms with E-state index >= 15 is 0 Å². The maximum absolute atomic E-state index is 12.5. The van der Waals surface area contributed by atoms with Crippen LogP contribution in [0.1, 0.15) is 53.0 Å². The highest BCUT2D eigenvalue weighted by molar-refractivity contribution is 6.30. The van der Waals surface area contributed by atoms with Crippen LogP contribution in [0.3, 0.4) is 0 Å². The van der Waals surface area contributed by atoms with E-state index in [4.69, 9.17) is 21.2 Å². The molecule has 0 bridgehead atoms. The Morgan fingerprint density at radius 3 is 2.62 bits per heavy atom. The summed E-state index contributed by atoms with van der Waals surface area (Å²) in [5, 5.41) is 15.5. The second kappa shape index (κ2) is 7.70. The Bertz CT molecular complexity index is 750. The fraction of sp³-hybridized carbons (Fsp3) is 0.500. The molecule has 1 aromatic carbocycles. The van der Waals surface area contributed by atoms with E-state index in [0.29, 0.717) is 17.2 Å². The van der Waals surface area contributed by atoms with Crippen LogP contribution in [0.4, 0.5) is 0 Å². The van der Waals surface area contributed by atoms with Gasteiger partial charge in [0.1, 0.15) is 23.5 Å². The first-order chi connectivity index (χ1) is 12.1. The Hall–Kier alpha value is -2.01. The number of rotatable bonds is 6. The van der Waals surface area contributed by atoms with Gasteiger partial charge in [-0.25, -0.2) is 4.79 Å². The zero-order valence-corrected chi connectivity index (χ0v) is 16.7. The minimum Gasteiger partial charge on any atom is -0.511 e. The molecule has 1 aliphatic rings. The Balaban J connectivity index is 2.31. The SMILES string of the molecule is CCCC(=NOCc1cccc(Cl)c1)C1=C(O)C(C)(C)C(C)(C)OC1=O. The third-order valence-electron chi connectivity index (χ3n) is 4.96. The summed E-state index contributed by atoms with van der Waals surface area (Å²) in [6, 6.07) is 7.27. The van der Waals surface area contributed by atoms with Crippen molar-refractivity contribution in [3.8, 4) is 0 Å². The Morgan fingerprint density at radius 1 is 1.31 bits per heavy atom. The molecule has 0 fully saturated rings. The van der Waals surface area contributed by atoms with Gasteiger partial charge in [-0.05, 0) is 51.8 Å². The van der Waals surface area contributed by atoms with Crippen LogP contribution in [0.5, 0.6) is 0 Å². The largest absolute Gasteiger partial charge is 0.511 e. The van der Waals surface area contributed by atoms with Gasteiger partial charge in [-0.3, -0.25) is 0 Å². The van der Waals surface area contributed by atoms with Gasteiger partial charge in [-0.15, -0.1) is 0 Å². The molecule has 6 heteroatoms. The van der Waals surface area contributed by atoms with E-state index in [-0.39, 0.29) is 17.9 Å². The first-order valence-corrected chi connectivity index (χ1v) is 9.08. The van der Waals surface area contributed by atoms with Crippen molar-refractivity contribution in [3.63, 3.8) is 0 Å². The number of ether oxygens (including phenoxy) is 1. The van der Waals surface area contributed by atoms with Crippen molar-refractivity contribution in [1.82, 2.24) is 0 Å². The molecule has 1 heterocycles. The van der Waals surface area contributed by atoms with Crippen LogP contribution in [0.15, 0.2) is 40.8 Å². The summed E-state index contributed by atoms with van der Waals surface area (Å²) in [4.78, 5) is 17.9. The zero-order valence-electron chi connectivity index (χ0n) is 15.9. The molecule has 0 atom stereocenters. The predicted octanol–water partition coefficient (Wildman–Crippen LogP) is 5.19. The van der Waals surface area contributed by atoms with Crippen LogP contribution < -0.4 is 0 Å². The molecule has 1 N–H and O–H groups in total. The average Bonchev–Trinajstić information content (AvgIpc) is 2.53. The lowest BCUT2D eigenvalue weighted by molar-refractivity contribution is -0.167. The Kier molecular flexibility index (Phi) is 6.02. The van der Waals surface area contributed by atoms with E-state index in [9.17, 15) is 9.90 Å². The molecule has 0 saturated heterocycles. The molecule has 5 nitrogen and oxygen atoms in total. The normalized spacial score (nSPS) is 19.3. The maximum atomic E-state index is 12.5. The highest BCUT2D eigenvalue weighted by Crippen LogP contribution is 2.45. The molecule has 0 amide bonds. The monoisotopic (exact) mass is 379 g/mol. The molecule has 142 valence electrons. The highest BCUT2D eigenvalue weighted by Gasteiger charge is 2.51. The third kappa shape index (κ3) is 4.04. The van der Waals surface area contributed by atoms with E-state index in [0.717, 1.165) is 12.0 Å². The minimum atomic E-state index is -0.823. The second-order valence-electron chi connectivity index (χ2n) is 7.44. The van der Waals surface area contributed by atoms with Crippen LogP contribution in [0, 0.1) is 5.41 Å². The minimum absolute atomic E-state index is 0.0164. The summed E-state index contributed by atoms with van der Waals surface area (Å²) in [6.45, 7) is 9.42. The molecule has 1 aromatic rings. The first kappa shape index (κ1) is 20.3. The molecule has 0 spiro atoms. The van der Waals surface area contributed by atoms with Crippen molar-refractivity contribution in [3.05, 3.63) is 46.2 Å². The number of esters is 1. The van der Waals surface area contributed by atoms with Gasteiger partial charge in [0.05, 0.1) is 11.1 Å². The third-order valence-corrected chi connectivity index (χ3v) is 5.19. The Labute approximate surface area is 159 Å². The lowest BCUT2D eigenvalue weighted by Crippen LogP contribution is -2.50. The number of aliphatic hydroxyl groups excluding tert-OH is 1. The zero-order chi connectivity index (χ0) is 19.5. The van der Waals surface area contributed by atoms with Gasteiger partial charge in [0.15, 0.2) is 0 Å². The number of hydrogen-bond donors (Lipinski definition) is 1. The van der Waals surface area contributed by atoms with E-state index in [1.807, 2.05) is 32.9 Å². The lowest BCUT2D eigenvalue weighted by Gasteiger charge is -2.44. The topological polar surface area (TPSA) is 68.1 Å². The van der Waals surface area contributed by atoms with Gasteiger partial charge >= 0.3 is 5.97 Å². The number of halogens is 1. The van der Waals surface area contributed by atoms with E-state index < -0.39 is 17.0 Å². The van der Waals surface area contributed by atoms with Crippen LogP contribution in [-0.4, -0.2) is 22.4 Å².